The Bertz CT molecular complexity index is 551. The number of nitrogens with zero attached hydrogens (tertiary/aromatic N) is 2. The number of hydrogen-bond donors (Lipinski definition) is 1. The molecule has 0 spiro atoms. The summed E-state index contributed by atoms with van der Waals surface area (Å²) >= 11 is 0. The number of halogens is 1. The van der Waals surface area contributed by atoms with Gasteiger partial charge in [0, 0.05) is 5.56 Å². The second-order valence-corrected chi connectivity index (χ2v) is 4.69. The van der Waals surface area contributed by atoms with Crippen LogP contribution in [0, 0.1) is 18.7 Å². The van der Waals surface area contributed by atoms with Crippen LogP contribution in [0.2, 0.25) is 0 Å². The lowest BCUT2D eigenvalue weighted by Gasteiger charge is -2.09. The topological polar surface area (TPSA) is 64.9 Å². The highest BCUT2D eigenvalue weighted by Crippen LogP contribution is 2.22. The summed E-state index contributed by atoms with van der Waals surface area (Å²) in [6, 6.07) is 4.42. The smallest absolute Gasteiger partial charge is 0.244 e. The number of hydrogen-bond acceptors (Lipinski definition) is 4. The minimum Gasteiger partial charge on any atom is -0.337 e. The lowest BCUT2D eigenvalue weighted by molar-refractivity contribution is 0.325. The molecule has 0 unspecified atom stereocenters. The van der Waals surface area contributed by atoms with Crippen LogP contribution < -0.4 is 5.73 Å². The van der Waals surface area contributed by atoms with Crippen LogP contribution in [-0.2, 0) is 0 Å². The van der Waals surface area contributed by atoms with E-state index < -0.39 is 0 Å². The Balaban J connectivity index is 2.32. The van der Waals surface area contributed by atoms with Crippen molar-refractivity contribution in [1.82, 2.24) is 10.1 Å². The van der Waals surface area contributed by atoms with Crippen molar-refractivity contribution in [3.8, 4) is 11.4 Å². The molecule has 0 aliphatic rings. The number of nitrogens with two attached hydrogens (primary N) is 1. The molecule has 4 nitrogen and oxygen atoms in total. The van der Waals surface area contributed by atoms with E-state index in [2.05, 4.69) is 10.1 Å². The standard InChI is InChI=1S/C13H16FN3O/c1-7(2)11(15)13-16-12(17-18-13)9-4-5-10(14)8(3)6-9/h4-7,11H,15H2,1-3H3/t11-/m0/s1. The average molecular weight is 249 g/mol. The molecule has 0 aliphatic carbocycles. The molecule has 0 bridgehead atoms. The number of aromatic nitrogens is 2. The largest absolute Gasteiger partial charge is 0.337 e. The Kier molecular flexibility index (Phi) is 3.43. The summed E-state index contributed by atoms with van der Waals surface area (Å²) in [5.41, 5.74) is 7.20. The molecule has 0 amide bonds. The molecule has 2 rings (SSSR count). The van der Waals surface area contributed by atoms with E-state index in [0.717, 1.165) is 5.56 Å². The van der Waals surface area contributed by atoms with Gasteiger partial charge < -0.3 is 10.3 Å². The van der Waals surface area contributed by atoms with Crippen LogP contribution in [0.3, 0.4) is 0 Å². The lowest BCUT2D eigenvalue weighted by atomic mass is 10.1. The zero-order chi connectivity index (χ0) is 13.3. The Morgan fingerprint density at radius 2 is 2.06 bits per heavy atom. The predicted molar refractivity (Wildman–Crippen MR) is 66.2 cm³/mol. The first-order valence-corrected chi connectivity index (χ1v) is 5.84. The molecule has 0 aliphatic heterocycles. The van der Waals surface area contributed by atoms with Crippen molar-refractivity contribution in [3.05, 3.63) is 35.5 Å². The van der Waals surface area contributed by atoms with Gasteiger partial charge in [-0.2, -0.15) is 4.98 Å². The Hall–Kier alpha value is -1.75. The Labute approximate surface area is 105 Å². The average Bonchev–Trinajstić information content (AvgIpc) is 2.81. The summed E-state index contributed by atoms with van der Waals surface area (Å²) in [5.74, 6) is 0.806. The van der Waals surface area contributed by atoms with Gasteiger partial charge in [-0.25, -0.2) is 4.39 Å². The van der Waals surface area contributed by atoms with E-state index in [-0.39, 0.29) is 17.8 Å². The third-order valence-corrected chi connectivity index (χ3v) is 2.86. The first kappa shape index (κ1) is 12.7. The van der Waals surface area contributed by atoms with E-state index in [1.165, 1.54) is 6.07 Å². The van der Waals surface area contributed by atoms with Gasteiger partial charge in [-0.1, -0.05) is 19.0 Å². The molecule has 0 radical (unpaired) electrons. The molecule has 0 saturated carbocycles. The highest BCUT2D eigenvalue weighted by molar-refractivity contribution is 5.55. The highest BCUT2D eigenvalue weighted by Gasteiger charge is 2.18. The summed E-state index contributed by atoms with van der Waals surface area (Å²) < 4.78 is 18.3. The SMILES string of the molecule is Cc1cc(-c2noc([C@@H](N)C(C)C)n2)ccc1F. The highest BCUT2D eigenvalue weighted by atomic mass is 19.1. The summed E-state index contributed by atoms with van der Waals surface area (Å²) in [7, 11) is 0. The van der Waals surface area contributed by atoms with Crippen LogP contribution in [0.15, 0.2) is 22.7 Å². The molecule has 1 aromatic carbocycles. The Morgan fingerprint density at radius 1 is 1.33 bits per heavy atom. The maximum atomic E-state index is 13.2. The van der Waals surface area contributed by atoms with Gasteiger partial charge in [0.05, 0.1) is 6.04 Å². The number of benzene rings is 1. The summed E-state index contributed by atoms with van der Waals surface area (Å²) in [6.07, 6.45) is 0. The fraction of sp³-hybridized carbons (Fsp3) is 0.385. The molecule has 96 valence electrons. The maximum absolute atomic E-state index is 13.2. The van der Waals surface area contributed by atoms with Crippen LogP contribution in [0.5, 0.6) is 0 Å². The van der Waals surface area contributed by atoms with Crippen LogP contribution >= 0.6 is 0 Å². The third-order valence-electron chi connectivity index (χ3n) is 2.86. The van der Waals surface area contributed by atoms with Gasteiger partial charge in [0.25, 0.3) is 0 Å². The van der Waals surface area contributed by atoms with E-state index in [1.54, 1.807) is 19.1 Å². The normalized spacial score (nSPS) is 13.0. The van der Waals surface area contributed by atoms with Gasteiger partial charge in [0.2, 0.25) is 11.7 Å². The van der Waals surface area contributed by atoms with Crippen molar-refractivity contribution in [2.75, 3.05) is 0 Å². The minimum atomic E-state index is -0.284. The molecule has 2 aromatic rings. The van der Waals surface area contributed by atoms with Gasteiger partial charge in [-0.15, -0.1) is 0 Å². The van der Waals surface area contributed by atoms with Crippen LogP contribution in [-0.4, -0.2) is 10.1 Å². The van der Waals surface area contributed by atoms with E-state index in [9.17, 15) is 4.39 Å². The van der Waals surface area contributed by atoms with Gasteiger partial charge >= 0.3 is 0 Å². The molecule has 1 atom stereocenters. The molecule has 2 N–H and O–H groups in total. The van der Waals surface area contributed by atoms with Gasteiger partial charge in [0.1, 0.15) is 5.82 Å². The molecule has 18 heavy (non-hydrogen) atoms. The van der Waals surface area contributed by atoms with Crippen LogP contribution in [0.25, 0.3) is 11.4 Å². The van der Waals surface area contributed by atoms with E-state index in [1.807, 2.05) is 13.8 Å². The summed E-state index contributed by atoms with van der Waals surface area (Å²) in [5, 5.41) is 3.87. The zero-order valence-corrected chi connectivity index (χ0v) is 10.6. The van der Waals surface area contributed by atoms with E-state index in [4.69, 9.17) is 10.3 Å². The van der Waals surface area contributed by atoms with Crippen molar-refractivity contribution in [1.29, 1.82) is 0 Å². The fourth-order valence-corrected chi connectivity index (χ4v) is 1.56. The van der Waals surface area contributed by atoms with Crippen LogP contribution in [0.1, 0.15) is 31.3 Å². The van der Waals surface area contributed by atoms with Crippen LogP contribution in [0.4, 0.5) is 4.39 Å². The van der Waals surface area contributed by atoms with E-state index in [0.29, 0.717) is 17.3 Å². The molecular weight excluding hydrogens is 233 g/mol. The lowest BCUT2D eigenvalue weighted by Crippen LogP contribution is -2.16. The minimum absolute atomic E-state index is 0.216. The van der Waals surface area contributed by atoms with Gasteiger partial charge in [-0.3, -0.25) is 0 Å². The first-order chi connectivity index (χ1) is 8.49. The fourth-order valence-electron chi connectivity index (χ4n) is 1.56. The second-order valence-electron chi connectivity index (χ2n) is 4.69. The Morgan fingerprint density at radius 3 is 2.67 bits per heavy atom. The summed E-state index contributed by atoms with van der Waals surface area (Å²) in [6.45, 7) is 5.66. The maximum Gasteiger partial charge on any atom is 0.244 e. The first-order valence-electron chi connectivity index (χ1n) is 5.84. The molecule has 5 heteroatoms. The molecule has 1 heterocycles. The van der Waals surface area contributed by atoms with Crippen molar-refractivity contribution in [3.63, 3.8) is 0 Å². The van der Waals surface area contributed by atoms with Crippen molar-refractivity contribution in [2.45, 2.75) is 26.8 Å². The van der Waals surface area contributed by atoms with Gasteiger partial charge in [-0.05, 0) is 36.6 Å². The van der Waals surface area contributed by atoms with Crippen molar-refractivity contribution in [2.24, 2.45) is 11.7 Å². The number of aryl methyl sites for hydroxylation is 1. The molecule has 0 fully saturated rings. The third kappa shape index (κ3) is 2.41. The quantitative estimate of drug-likeness (QED) is 0.908. The summed E-state index contributed by atoms with van der Waals surface area (Å²) in [4.78, 5) is 4.25. The molecule has 0 saturated heterocycles. The van der Waals surface area contributed by atoms with Crippen molar-refractivity contribution >= 4 is 0 Å². The second kappa shape index (κ2) is 4.86. The molecule has 1 aromatic heterocycles. The number of rotatable bonds is 3. The van der Waals surface area contributed by atoms with E-state index >= 15 is 0 Å². The van der Waals surface area contributed by atoms with Crippen molar-refractivity contribution < 1.29 is 8.91 Å². The molecular formula is C13H16FN3O. The zero-order valence-electron chi connectivity index (χ0n) is 10.6. The predicted octanol–water partition coefficient (Wildman–Crippen LogP) is 2.84. The van der Waals surface area contributed by atoms with Gasteiger partial charge in [0.15, 0.2) is 0 Å². The monoisotopic (exact) mass is 249 g/mol.